The summed E-state index contributed by atoms with van der Waals surface area (Å²) in [5, 5.41) is 3.15. The molecule has 0 bridgehead atoms. The molecule has 0 atom stereocenters. The molecule has 0 aliphatic heterocycles. The Morgan fingerprint density at radius 2 is 2.26 bits per heavy atom. The van der Waals surface area contributed by atoms with Crippen LogP contribution in [-0.2, 0) is 11.3 Å². The molecule has 0 saturated carbocycles. The molecule has 0 aliphatic carbocycles. The molecule has 0 amide bonds. The van der Waals surface area contributed by atoms with Crippen LogP contribution in [0.25, 0.3) is 11.5 Å². The van der Waals surface area contributed by atoms with Crippen molar-refractivity contribution in [3.8, 4) is 11.5 Å². The number of rotatable bonds is 6. The largest absolute Gasteiger partial charge is 0.444 e. The van der Waals surface area contributed by atoms with Crippen molar-refractivity contribution in [3.05, 3.63) is 41.5 Å². The Bertz CT molecular complexity index is 540. The van der Waals surface area contributed by atoms with Crippen molar-refractivity contribution in [2.45, 2.75) is 13.5 Å². The summed E-state index contributed by atoms with van der Waals surface area (Å²) >= 11 is 0. The van der Waals surface area contributed by atoms with Crippen LogP contribution in [0.1, 0.15) is 11.3 Å². The Balaban J connectivity index is 2.04. The minimum absolute atomic E-state index is 0.307. The quantitative estimate of drug-likeness (QED) is 0.814. The number of aryl methyl sites for hydroxylation is 1. The second kappa shape index (κ2) is 6.45. The van der Waals surface area contributed by atoms with E-state index in [9.17, 15) is 4.39 Å². The average Bonchev–Trinajstić information content (AvgIpc) is 2.83. The molecule has 1 N–H and O–H groups in total. The van der Waals surface area contributed by atoms with Crippen molar-refractivity contribution in [2.24, 2.45) is 0 Å². The highest BCUT2D eigenvalue weighted by atomic mass is 19.1. The van der Waals surface area contributed by atoms with Gasteiger partial charge in [0.25, 0.3) is 0 Å². The number of halogens is 1. The van der Waals surface area contributed by atoms with Crippen molar-refractivity contribution >= 4 is 0 Å². The van der Waals surface area contributed by atoms with Gasteiger partial charge in [-0.25, -0.2) is 9.37 Å². The molecule has 0 saturated heterocycles. The molecule has 1 heterocycles. The summed E-state index contributed by atoms with van der Waals surface area (Å²) in [7, 11) is 1.65. The van der Waals surface area contributed by atoms with Crippen molar-refractivity contribution in [2.75, 3.05) is 20.3 Å². The lowest BCUT2D eigenvalue weighted by atomic mass is 10.1. The molecule has 102 valence electrons. The summed E-state index contributed by atoms with van der Waals surface area (Å²) in [5.74, 6) is -0.0122. The number of nitrogens with one attached hydrogen (secondary N) is 1. The van der Waals surface area contributed by atoms with Crippen molar-refractivity contribution in [1.29, 1.82) is 0 Å². The van der Waals surface area contributed by atoms with Crippen LogP contribution in [-0.4, -0.2) is 25.2 Å². The summed E-state index contributed by atoms with van der Waals surface area (Å²) in [4.78, 5) is 4.26. The zero-order valence-corrected chi connectivity index (χ0v) is 11.1. The molecule has 0 fully saturated rings. The first kappa shape index (κ1) is 13.7. The summed E-state index contributed by atoms with van der Waals surface area (Å²) in [6.07, 6.45) is 1.54. The van der Waals surface area contributed by atoms with E-state index >= 15 is 0 Å². The first-order valence-electron chi connectivity index (χ1n) is 6.11. The normalized spacial score (nSPS) is 10.9. The molecule has 0 unspecified atom stereocenters. The molecular formula is C14H17FN2O2. The molecular weight excluding hydrogens is 247 g/mol. The maximum atomic E-state index is 13.8. The maximum absolute atomic E-state index is 13.8. The molecule has 1 aromatic heterocycles. The Morgan fingerprint density at radius 3 is 3.00 bits per heavy atom. The predicted molar refractivity (Wildman–Crippen MR) is 70.2 cm³/mol. The van der Waals surface area contributed by atoms with E-state index in [1.165, 1.54) is 12.3 Å². The molecule has 5 heteroatoms. The zero-order chi connectivity index (χ0) is 13.7. The SMILES string of the molecule is COCCNCc1coc(-c2ccc(C)cc2F)n1. The highest BCUT2D eigenvalue weighted by molar-refractivity contribution is 5.54. The standard InChI is InChI=1S/C14H17FN2O2/c1-10-3-4-12(13(15)7-10)14-17-11(9-19-14)8-16-5-6-18-2/h3-4,7,9,16H,5-6,8H2,1-2H3. The van der Waals surface area contributed by atoms with Crippen molar-refractivity contribution in [3.63, 3.8) is 0 Å². The number of benzene rings is 1. The minimum atomic E-state index is -0.319. The molecule has 0 spiro atoms. The minimum Gasteiger partial charge on any atom is -0.444 e. The van der Waals surface area contributed by atoms with E-state index in [2.05, 4.69) is 10.3 Å². The smallest absolute Gasteiger partial charge is 0.229 e. The van der Waals surface area contributed by atoms with E-state index in [1.807, 2.05) is 13.0 Å². The van der Waals surface area contributed by atoms with Crippen LogP contribution in [0.3, 0.4) is 0 Å². The third-order valence-electron chi connectivity index (χ3n) is 2.70. The fourth-order valence-corrected chi connectivity index (χ4v) is 1.70. The summed E-state index contributed by atoms with van der Waals surface area (Å²) in [6.45, 7) is 3.78. The van der Waals surface area contributed by atoms with Gasteiger partial charge < -0.3 is 14.5 Å². The van der Waals surface area contributed by atoms with Crippen LogP contribution in [0, 0.1) is 12.7 Å². The van der Waals surface area contributed by atoms with E-state index in [0.29, 0.717) is 24.6 Å². The zero-order valence-electron chi connectivity index (χ0n) is 11.1. The van der Waals surface area contributed by atoms with Crippen LogP contribution < -0.4 is 5.32 Å². The second-order valence-electron chi connectivity index (χ2n) is 4.30. The van der Waals surface area contributed by atoms with Gasteiger partial charge in [0.05, 0.1) is 17.9 Å². The lowest BCUT2D eigenvalue weighted by Gasteiger charge is -2.00. The van der Waals surface area contributed by atoms with E-state index in [-0.39, 0.29) is 5.82 Å². The molecule has 2 aromatic rings. The number of ether oxygens (including phenoxy) is 1. The van der Waals surface area contributed by atoms with Gasteiger partial charge in [-0.15, -0.1) is 0 Å². The number of nitrogens with zero attached hydrogens (tertiary/aromatic N) is 1. The summed E-state index contributed by atoms with van der Waals surface area (Å²) in [5.41, 5.74) is 1.99. The van der Waals surface area contributed by atoms with Gasteiger partial charge >= 0.3 is 0 Å². The highest BCUT2D eigenvalue weighted by Gasteiger charge is 2.11. The Morgan fingerprint density at radius 1 is 1.42 bits per heavy atom. The lowest BCUT2D eigenvalue weighted by molar-refractivity contribution is 0.199. The number of hydrogen-bond donors (Lipinski definition) is 1. The van der Waals surface area contributed by atoms with Gasteiger partial charge in [0.2, 0.25) is 5.89 Å². The molecule has 2 rings (SSSR count). The molecule has 1 aromatic carbocycles. The van der Waals surface area contributed by atoms with Gasteiger partial charge in [-0.1, -0.05) is 6.07 Å². The van der Waals surface area contributed by atoms with Gasteiger partial charge in [-0.05, 0) is 24.6 Å². The molecule has 19 heavy (non-hydrogen) atoms. The monoisotopic (exact) mass is 264 g/mol. The topological polar surface area (TPSA) is 47.3 Å². The van der Waals surface area contributed by atoms with Crippen LogP contribution in [0.5, 0.6) is 0 Å². The van der Waals surface area contributed by atoms with Gasteiger partial charge in [-0.2, -0.15) is 0 Å². The molecule has 0 radical (unpaired) electrons. The van der Waals surface area contributed by atoms with E-state index in [4.69, 9.17) is 9.15 Å². The Labute approximate surface area is 111 Å². The van der Waals surface area contributed by atoms with E-state index in [1.54, 1.807) is 13.2 Å². The Kier molecular flexibility index (Phi) is 4.65. The van der Waals surface area contributed by atoms with Gasteiger partial charge in [0, 0.05) is 20.2 Å². The summed E-state index contributed by atoms with van der Waals surface area (Å²) < 4.78 is 24.0. The predicted octanol–water partition coefficient (Wildman–Crippen LogP) is 2.53. The summed E-state index contributed by atoms with van der Waals surface area (Å²) in [6, 6.07) is 4.98. The first-order chi connectivity index (χ1) is 9.20. The molecule has 0 aliphatic rings. The van der Waals surface area contributed by atoms with Crippen molar-refractivity contribution < 1.29 is 13.5 Å². The number of oxazole rings is 1. The number of methoxy groups -OCH3 is 1. The van der Waals surface area contributed by atoms with Gasteiger partial charge in [0.1, 0.15) is 12.1 Å². The van der Waals surface area contributed by atoms with E-state index < -0.39 is 0 Å². The van der Waals surface area contributed by atoms with E-state index in [0.717, 1.165) is 17.8 Å². The third kappa shape index (κ3) is 3.62. The second-order valence-corrected chi connectivity index (χ2v) is 4.30. The van der Waals surface area contributed by atoms with Crippen LogP contribution >= 0.6 is 0 Å². The first-order valence-corrected chi connectivity index (χ1v) is 6.11. The fraction of sp³-hybridized carbons (Fsp3) is 0.357. The number of hydrogen-bond acceptors (Lipinski definition) is 4. The Hall–Kier alpha value is -1.72. The fourth-order valence-electron chi connectivity index (χ4n) is 1.70. The highest BCUT2D eigenvalue weighted by Crippen LogP contribution is 2.22. The lowest BCUT2D eigenvalue weighted by Crippen LogP contribution is -2.18. The van der Waals surface area contributed by atoms with Crippen LogP contribution in [0.15, 0.2) is 28.9 Å². The number of aromatic nitrogens is 1. The third-order valence-corrected chi connectivity index (χ3v) is 2.70. The molecule has 4 nitrogen and oxygen atoms in total. The maximum Gasteiger partial charge on any atom is 0.229 e. The van der Waals surface area contributed by atoms with Crippen LogP contribution in [0.2, 0.25) is 0 Å². The van der Waals surface area contributed by atoms with Crippen molar-refractivity contribution in [1.82, 2.24) is 10.3 Å². The van der Waals surface area contributed by atoms with Crippen LogP contribution in [0.4, 0.5) is 4.39 Å². The van der Waals surface area contributed by atoms with Gasteiger partial charge in [0.15, 0.2) is 0 Å². The average molecular weight is 264 g/mol. The van der Waals surface area contributed by atoms with Gasteiger partial charge in [-0.3, -0.25) is 0 Å².